The SMILES string of the molecule is CCC(CC)Nc1nc(NCCc2cn(C)cn2)nc2c1ncn2[C@@H]1O[C@H](c2nnn(C(C)C)n2)[C@@H](OC=O)[C@H]1O. The van der Waals surface area contributed by atoms with Gasteiger partial charge >= 0.3 is 0 Å². The molecule has 0 unspecified atom stereocenters. The molecule has 1 fully saturated rings. The van der Waals surface area contributed by atoms with Crippen LogP contribution in [0.3, 0.4) is 0 Å². The number of aryl methyl sites for hydroxylation is 1. The molecule has 16 heteroatoms. The zero-order chi connectivity index (χ0) is 29.1. The number of tetrazole rings is 1. The van der Waals surface area contributed by atoms with Crippen LogP contribution < -0.4 is 10.6 Å². The Balaban J connectivity index is 1.48. The molecule has 16 nitrogen and oxygen atoms in total. The number of hydrogen-bond donors (Lipinski definition) is 3. The van der Waals surface area contributed by atoms with Gasteiger partial charge in [0.2, 0.25) is 11.8 Å². The molecule has 0 aliphatic carbocycles. The van der Waals surface area contributed by atoms with Crippen LogP contribution in [0.2, 0.25) is 0 Å². The first-order valence-electron chi connectivity index (χ1n) is 13.8. The van der Waals surface area contributed by atoms with Crippen molar-refractivity contribution >= 4 is 29.4 Å². The average Bonchev–Trinajstić information content (AvgIpc) is 3.75. The molecule has 5 heterocycles. The topological polar surface area (TPSA) is 185 Å². The molecule has 5 rings (SSSR count). The number of nitrogens with zero attached hydrogens (tertiary/aromatic N) is 10. The summed E-state index contributed by atoms with van der Waals surface area (Å²) in [6.07, 6.45) is 3.43. The van der Waals surface area contributed by atoms with Crippen LogP contribution in [0.4, 0.5) is 11.8 Å². The Morgan fingerprint density at radius 2 is 2.00 bits per heavy atom. The Morgan fingerprint density at radius 1 is 1.20 bits per heavy atom. The first-order valence-corrected chi connectivity index (χ1v) is 13.8. The Kier molecular flexibility index (Phi) is 8.39. The number of aliphatic hydroxyl groups excluding tert-OH is 1. The van der Waals surface area contributed by atoms with E-state index in [9.17, 15) is 9.90 Å². The van der Waals surface area contributed by atoms with Gasteiger partial charge in [-0.2, -0.15) is 14.8 Å². The highest BCUT2D eigenvalue weighted by molar-refractivity contribution is 5.84. The van der Waals surface area contributed by atoms with Crippen LogP contribution in [0.5, 0.6) is 0 Å². The number of imidazole rings is 2. The van der Waals surface area contributed by atoms with E-state index in [1.807, 2.05) is 31.7 Å². The number of aliphatic hydroxyl groups is 1. The molecule has 1 aliphatic heterocycles. The summed E-state index contributed by atoms with van der Waals surface area (Å²) in [5, 5.41) is 30.5. The van der Waals surface area contributed by atoms with Gasteiger partial charge in [0.15, 0.2) is 35.4 Å². The highest BCUT2D eigenvalue weighted by atomic mass is 16.6. The normalized spacial score (nSPS) is 20.8. The summed E-state index contributed by atoms with van der Waals surface area (Å²) in [5.74, 6) is 1.14. The van der Waals surface area contributed by atoms with E-state index in [4.69, 9.17) is 19.4 Å². The van der Waals surface area contributed by atoms with Crippen molar-refractivity contribution in [1.29, 1.82) is 0 Å². The lowest BCUT2D eigenvalue weighted by Gasteiger charge is -2.19. The molecule has 4 atom stereocenters. The van der Waals surface area contributed by atoms with Crippen molar-refractivity contribution in [2.45, 2.75) is 83.6 Å². The molecular formula is C25H36N12O4. The third-order valence-electron chi connectivity index (χ3n) is 7.03. The van der Waals surface area contributed by atoms with Gasteiger partial charge in [-0.1, -0.05) is 13.8 Å². The number of ether oxygens (including phenoxy) is 2. The Morgan fingerprint density at radius 3 is 2.66 bits per heavy atom. The van der Waals surface area contributed by atoms with Crippen molar-refractivity contribution in [1.82, 2.24) is 49.3 Å². The zero-order valence-corrected chi connectivity index (χ0v) is 23.7. The van der Waals surface area contributed by atoms with E-state index in [1.165, 1.54) is 11.1 Å². The summed E-state index contributed by atoms with van der Waals surface area (Å²) in [7, 11) is 1.93. The van der Waals surface area contributed by atoms with E-state index in [0.717, 1.165) is 18.5 Å². The number of carbonyl (C=O) groups excluding carboxylic acids is 1. The van der Waals surface area contributed by atoms with Crippen molar-refractivity contribution < 1.29 is 19.4 Å². The van der Waals surface area contributed by atoms with Gasteiger partial charge in [0.1, 0.15) is 6.10 Å². The number of aromatic nitrogens is 10. The highest BCUT2D eigenvalue weighted by Crippen LogP contribution is 2.40. The molecule has 0 bridgehead atoms. The molecule has 4 aromatic rings. The van der Waals surface area contributed by atoms with Gasteiger partial charge in [-0.25, -0.2) is 9.97 Å². The molecular weight excluding hydrogens is 532 g/mol. The van der Waals surface area contributed by atoms with E-state index < -0.39 is 24.5 Å². The predicted molar refractivity (Wildman–Crippen MR) is 147 cm³/mol. The fourth-order valence-electron chi connectivity index (χ4n) is 4.74. The van der Waals surface area contributed by atoms with Gasteiger partial charge in [-0.15, -0.1) is 10.2 Å². The molecule has 1 saturated heterocycles. The summed E-state index contributed by atoms with van der Waals surface area (Å²) >= 11 is 0. The largest absolute Gasteiger partial charge is 0.458 e. The van der Waals surface area contributed by atoms with Crippen LogP contribution in [-0.2, 0) is 27.7 Å². The second-order valence-electron chi connectivity index (χ2n) is 10.3. The minimum atomic E-state index is -1.26. The third kappa shape index (κ3) is 5.83. The number of hydrogen-bond acceptors (Lipinski definition) is 13. The molecule has 0 radical (unpaired) electrons. The Labute approximate surface area is 236 Å². The van der Waals surface area contributed by atoms with Crippen LogP contribution in [0.25, 0.3) is 11.2 Å². The minimum absolute atomic E-state index is 0.0392. The number of nitrogens with one attached hydrogen (secondary N) is 2. The van der Waals surface area contributed by atoms with E-state index in [1.54, 1.807) is 10.9 Å². The van der Waals surface area contributed by atoms with Gasteiger partial charge < -0.3 is 29.8 Å². The van der Waals surface area contributed by atoms with Crippen LogP contribution in [0.15, 0.2) is 18.9 Å². The Bertz CT molecular complexity index is 1460. The summed E-state index contributed by atoms with van der Waals surface area (Å²) in [6, 6.07) is 0.139. The maximum atomic E-state index is 11.3. The first-order chi connectivity index (χ1) is 19.8. The van der Waals surface area contributed by atoms with Crippen molar-refractivity contribution in [2.75, 3.05) is 17.2 Å². The summed E-state index contributed by atoms with van der Waals surface area (Å²) in [4.78, 5) is 31.2. The summed E-state index contributed by atoms with van der Waals surface area (Å²) in [6.45, 7) is 8.84. The number of rotatable bonds is 13. The van der Waals surface area contributed by atoms with Crippen LogP contribution >= 0.6 is 0 Å². The van der Waals surface area contributed by atoms with Crippen molar-refractivity contribution in [2.24, 2.45) is 7.05 Å². The monoisotopic (exact) mass is 568 g/mol. The molecule has 0 amide bonds. The zero-order valence-electron chi connectivity index (χ0n) is 23.7. The highest BCUT2D eigenvalue weighted by Gasteiger charge is 2.49. The van der Waals surface area contributed by atoms with E-state index in [2.05, 4.69) is 49.9 Å². The van der Waals surface area contributed by atoms with Crippen LogP contribution in [0, 0.1) is 0 Å². The standard InChI is InChI=1S/C25H36N12O4/c1-6-15(7-2)29-21-17-23(31-25(30-21)26-9-8-16-10-35(5)11-27-16)36(12-28-17)24-18(39)19(40-13-38)20(41-24)22-32-34-37(33-22)14(3)4/h10-15,18-20,24,39H,6-9H2,1-5H3,(H2,26,29,30,31)/t18-,19+,20+,24-/m1/s1. The maximum Gasteiger partial charge on any atom is 0.293 e. The van der Waals surface area contributed by atoms with Crippen LogP contribution in [-0.4, -0.2) is 85.7 Å². The summed E-state index contributed by atoms with van der Waals surface area (Å²) < 4.78 is 15.0. The van der Waals surface area contributed by atoms with Gasteiger partial charge in [0.25, 0.3) is 6.47 Å². The maximum absolute atomic E-state index is 11.3. The number of anilines is 2. The molecule has 1 aliphatic rings. The second kappa shape index (κ2) is 12.1. The average molecular weight is 569 g/mol. The molecule has 0 aromatic carbocycles. The molecule has 41 heavy (non-hydrogen) atoms. The second-order valence-corrected chi connectivity index (χ2v) is 10.3. The van der Waals surface area contributed by atoms with E-state index >= 15 is 0 Å². The molecule has 0 saturated carbocycles. The lowest BCUT2D eigenvalue weighted by atomic mass is 10.1. The fraction of sp³-hybridized carbons (Fsp3) is 0.600. The van der Waals surface area contributed by atoms with Gasteiger partial charge in [0.05, 0.1) is 24.4 Å². The molecule has 4 aromatic heterocycles. The van der Waals surface area contributed by atoms with Crippen LogP contribution in [0.1, 0.15) is 70.4 Å². The van der Waals surface area contributed by atoms with Crippen molar-refractivity contribution in [3.05, 3.63) is 30.4 Å². The van der Waals surface area contributed by atoms with E-state index in [-0.39, 0.29) is 24.4 Å². The predicted octanol–water partition coefficient (Wildman–Crippen LogP) is 1.55. The molecule has 0 spiro atoms. The molecule has 220 valence electrons. The lowest BCUT2D eigenvalue weighted by Crippen LogP contribution is -2.31. The first kappa shape index (κ1) is 28.4. The molecule has 3 N–H and O–H groups in total. The fourth-order valence-corrected chi connectivity index (χ4v) is 4.74. The lowest BCUT2D eigenvalue weighted by molar-refractivity contribution is -0.140. The van der Waals surface area contributed by atoms with Crippen molar-refractivity contribution in [3.8, 4) is 0 Å². The van der Waals surface area contributed by atoms with Gasteiger partial charge in [0, 0.05) is 32.3 Å². The van der Waals surface area contributed by atoms with Gasteiger partial charge in [-0.05, 0) is 31.9 Å². The third-order valence-corrected chi connectivity index (χ3v) is 7.03. The minimum Gasteiger partial charge on any atom is -0.458 e. The van der Waals surface area contributed by atoms with E-state index in [0.29, 0.717) is 35.9 Å². The van der Waals surface area contributed by atoms with Crippen molar-refractivity contribution in [3.63, 3.8) is 0 Å². The number of carbonyl (C=O) groups is 1. The summed E-state index contributed by atoms with van der Waals surface area (Å²) in [5.41, 5.74) is 1.89. The number of fused-ring (bicyclic) bond motifs is 1. The Hall–Kier alpha value is -4.18. The quantitative estimate of drug-likeness (QED) is 0.198. The smallest absolute Gasteiger partial charge is 0.293 e. The van der Waals surface area contributed by atoms with Gasteiger partial charge in [-0.3, -0.25) is 9.36 Å².